The van der Waals surface area contributed by atoms with E-state index in [0.717, 1.165) is 26.9 Å². The van der Waals surface area contributed by atoms with Crippen molar-refractivity contribution in [1.82, 2.24) is 4.90 Å². The largest absolute Gasteiger partial charge is 0.399 e. The van der Waals surface area contributed by atoms with Gasteiger partial charge in [0.25, 0.3) is 5.91 Å². The molecule has 102 valence electrons. The van der Waals surface area contributed by atoms with Gasteiger partial charge in [0.05, 0.1) is 0 Å². The molecule has 0 fully saturated rings. The van der Waals surface area contributed by atoms with Crippen LogP contribution in [0.25, 0.3) is 0 Å². The lowest BCUT2D eigenvalue weighted by molar-refractivity contribution is 0.0750. The van der Waals surface area contributed by atoms with E-state index in [0.29, 0.717) is 13.1 Å². The summed E-state index contributed by atoms with van der Waals surface area (Å²) < 4.78 is 0.924. The van der Waals surface area contributed by atoms with E-state index in [1.165, 1.54) is 5.56 Å². The van der Waals surface area contributed by atoms with E-state index >= 15 is 0 Å². The Morgan fingerprint density at radius 1 is 1.15 bits per heavy atom. The van der Waals surface area contributed by atoms with E-state index in [2.05, 4.69) is 15.9 Å². The summed E-state index contributed by atoms with van der Waals surface area (Å²) in [6.07, 6.45) is 0. The van der Waals surface area contributed by atoms with Crippen molar-refractivity contribution in [3.8, 4) is 0 Å². The first-order valence-electron chi connectivity index (χ1n) is 6.47. The molecule has 1 aliphatic rings. The van der Waals surface area contributed by atoms with Gasteiger partial charge in [-0.3, -0.25) is 4.79 Å². The Hall–Kier alpha value is -1.81. The number of halogens is 1. The lowest BCUT2D eigenvalue weighted by atomic mass is 10.1. The first kappa shape index (κ1) is 13.2. The van der Waals surface area contributed by atoms with Crippen molar-refractivity contribution in [2.75, 3.05) is 5.73 Å². The van der Waals surface area contributed by atoms with Crippen LogP contribution in [0.15, 0.2) is 40.9 Å². The van der Waals surface area contributed by atoms with Crippen molar-refractivity contribution < 1.29 is 4.79 Å². The number of rotatable bonds is 1. The van der Waals surface area contributed by atoms with Crippen LogP contribution in [-0.2, 0) is 13.1 Å². The molecule has 0 saturated carbocycles. The molecule has 0 atom stereocenters. The second kappa shape index (κ2) is 4.94. The summed E-state index contributed by atoms with van der Waals surface area (Å²) in [6.45, 7) is 3.24. The van der Waals surface area contributed by atoms with E-state index in [1.807, 2.05) is 48.2 Å². The van der Waals surface area contributed by atoms with E-state index < -0.39 is 0 Å². The van der Waals surface area contributed by atoms with Crippen LogP contribution in [0, 0.1) is 6.92 Å². The van der Waals surface area contributed by atoms with Gasteiger partial charge in [-0.2, -0.15) is 0 Å². The highest BCUT2D eigenvalue weighted by Gasteiger charge is 2.25. The lowest BCUT2D eigenvalue weighted by Crippen LogP contribution is -2.26. The standard InChI is InChI=1S/C16H15BrN2O/c1-10-2-4-13(17)7-15(10)16(20)19-8-11-3-5-14(18)6-12(11)9-19/h2-7H,8-9,18H2,1H3. The summed E-state index contributed by atoms with van der Waals surface area (Å²) in [5.74, 6) is 0.0681. The van der Waals surface area contributed by atoms with Crippen LogP contribution in [0.5, 0.6) is 0 Å². The maximum Gasteiger partial charge on any atom is 0.254 e. The fourth-order valence-corrected chi connectivity index (χ4v) is 2.91. The average Bonchev–Trinajstić information content (AvgIpc) is 2.83. The smallest absolute Gasteiger partial charge is 0.254 e. The van der Waals surface area contributed by atoms with Crippen LogP contribution in [0.2, 0.25) is 0 Å². The minimum absolute atomic E-state index is 0.0681. The van der Waals surface area contributed by atoms with Gasteiger partial charge in [0, 0.05) is 28.8 Å². The maximum absolute atomic E-state index is 12.6. The van der Waals surface area contributed by atoms with Gasteiger partial charge in [0.15, 0.2) is 0 Å². The number of carbonyl (C=O) groups is 1. The van der Waals surface area contributed by atoms with Gasteiger partial charge in [-0.1, -0.05) is 28.1 Å². The molecular weight excluding hydrogens is 316 g/mol. The van der Waals surface area contributed by atoms with Gasteiger partial charge in [0.1, 0.15) is 0 Å². The average molecular weight is 331 g/mol. The van der Waals surface area contributed by atoms with Crippen LogP contribution < -0.4 is 5.73 Å². The number of nitrogens with zero attached hydrogens (tertiary/aromatic N) is 1. The number of benzene rings is 2. The molecule has 2 N–H and O–H groups in total. The third-order valence-electron chi connectivity index (χ3n) is 3.67. The van der Waals surface area contributed by atoms with Crippen LogP contribution in [0.4, 0.5) is 5.69 Å². The second-order valence-electron chi connectivity index (χ2n) is 5.15. The monoisotopic (exact) mass is 330 g/mol. The molecule has 0 saturated heterocycles. The van der Waals surface area contributed by atoms with Gasteiger partial charge in [-0.15, -0.1) is 0 Å². The summed E-state index contributed by atoms with van der Waals surface area (Å²) >= 11 is 3.42. The lowest BCUT2D eigenvalue weighted by Gasteiger charge is -2.17. The second-order valence-corrected chi connectivity index (χ2v) is 6.06. The Balaban J connectivity index is 1.89. The number of amides is 1. The van der Waals surface area contributed by atoms with Gasteiger partial charge in [0.2, 0.25) is 0 Å². The Kier molecular flexibility index (Phi) is 3.26. The molecule has 0 bridgehead atoms. The van der Waals surface area contributed by atoms with Crippen LogP contribution in [0.3, 0.4) is 0 Å². The first-order valence-corrected chi connectivity index (χ1v) is 7.26. The SMILES string of the molecule is Cc1ccc(Br)cc1C(=O)N1Cc2ccc(N)cc2C1. The normalized spacial score (nSPS) is 13.4. The first-order chi connectivity index (χ1) is 9.54. The zero-order valence-corrected chi connectivity index (χ0v) is 12.8. The molecule has 4 heteroatoms. The summed E-state index contributed by atoms with van der Waals surface area (Å²) in [5.41, 5.74) is 10.6. The Labute approximate surface area is 126 Å². The summed E-state index contributed by atoms with van der Waals surface area (Å²) in [6, 6.07) is 11.6. The number of hydrogen-bond donors (Lipinski definition) is 1. The van der Waals surface area contributed by atoms with E-state index in [4.69, 9.17) is 5.73 Å². The van der Waals surface area contributed by atoms with Crippen molar-refractivity contribution in [3.63, 3.8) is 0 Å². The molecule has 0 spiro atoms. The number of nitrogen functional groups attached to an aromatic ring is 1. The highest BCUT2D eigenvalue weighted by Crippen LogP contribution is 2.27. The summed E-state index contributed by atoms with van der Waals surface area (Å²) in [5, 5.41) is 0. The van der Waals surface area contributed by atoms with Gasteiger partial charge in [-0.25, -0.2) is 0 Å². The Morgan fingerprint density at radius 3 is 2.70 bits per heavy atom. The number of carbonyl (C=O) groups excluding carboxylic acids is 1. The minimum atomic E-state index is 0.0681. The maximum atomic E-state index is 12.6. The number of fused-ring (bicyclic) bond motifs is 1. The molecule has 3 rings (SSSR count). The molecule has 0 radical (unpaired) electrons. The van der Waals surface area contributed by atoms with E-state index in [1.54, 1.807) is 0 Å². The third kappa shape index (κ3) is 2.31. The van der Waals surface area contributed by atoms with Gasteiger partial charge in [-0.05, 0) is 47.9 Å². The summed E-state index contributed by atoms with van der Waals surface area (Å²) in [7, 11) is 0. The molecule has 3 nitrogen and oxygen atoms in total. The highest BCUT2D eigenvalue weighted by atomic mass is 79.9. The highest BCUT2D eigenvalue weighted by molar-refractivity contribution is 9.10. The number of aryl methyl sites for hydroxylation is 1. The predicted molar refractivity (Wildman–Crippen MR) is 83.3 cm³/mol. The van der Waals surface area contributed by atoms with Crippen molar-refractivity contribution in [1.29, 1.82) is 0 Å². The molecule has 20 heavy (non-hydrogen) atoms. The molecule has 0 aliphatic carbocycles. The predicted octanol–water partition coefficient (Wildman–Crippen LogP) is 3.50. The van der Waals surface area contributed by atoms with Crippen molar-refractivity contribution in [2.45, 2.75) is 20.0 Å². The molecular formula is C16H15BrN2O. The summed E-state index contributed by atoms with van der Waals surface area (Å²) in [4.78, 5) is 14.5. The Morgan fingerprint density at radius 2 is 1.90 bits per heavy atom. The number of hydrogen-bond acceptors (Lipinski definition) is 2. The molecule has 0 unspecified atom stereocenters. The zero-order chi connectivity index (χ0) is 14.3. The molecule has 0 aromatic heterocycles. The van der Waals surface area contributed by atoms with Crippen LogP contribution in [0.1, 0.15) is 27.0 Å². The molecule has 2 aromatic rings. The fraction of sp³-hybridized carbons (Fsp3) is 0.188. The Bertz CT molecular complexity index is 697. The van der Waals surface area contributed by atoms with Crippen LogP contribution in [-0.4, -0.2) is 10.8 Å². The van der Waals surface area contributed by atoms with Crippen molar-refractivity contribution in [2.24, 2.45) is 0 Å². The minimum Gasteiger partial charge on any atom is -0.399 e. The van der Waals surface area contributed by atoms with Crippen LogP contribution >= 0.6 is 15.9 Å². The molecule has 2 aromatic carbocycles. The van der Waals surface area contributed by atoms with Gasteiger partial charge >= 0.3 is 0 Å². The zero-order valence-electron chi connectivity index (χ0n) is 11.2. The topological polar surface area (TPSA) is 46.3 Å². The molecule has 1 amide bonds. The van der Waals surface area contributed by atoms with Crippen molar-refractivity contribution in [3.05, 3.63) is 63.1 Å². The quantitative estimate of drug-likeness (QED) is 0.813. The molecule has 1 aliphatic heterocycles. The van der Waals surface area contributed by atoms with Gasteiger partial charge < -0.3 is 10.6 Å². The molecule has 1 heterocycles. The number of anilines is 1. The van der Waals surface area contributed by atoms with E-state index in [9.17, 15) is 4.79 Å². The van der Waals surface area contributed by atoms with E-state index in [-0.39, 0.29) is 5.91 Å². The fourth-order valence-electron chi connectivity index (χ4n) is 2.55. The third-order valence-corrected chi connectivity index (χ3v) is 4.16. The van der Waals surface area contributed by atoms with Crippen molar-refractivity contribution >= 4 is 27.5 Å². The number of nitrogens with two attached hydrogens (primary N) is 1.